The van der Waals surface area contributed by atoms with E-state index in [1.165, 1.54) is 6.42 Å². The monoisotopic (exact) mass is 286 g/mol. The predicted octanol–water partition coefficient (Wildman–Crippen LogP) is 1.78. The van der Waals surface area contributed by atoms with E-state index in [0.717, 1.165) is 31.7 Å². The number of nitriles is 1. The Balaban J connectivity index is 1.97. The molecular formula is C17H26N4. The van der Waals surface area contributed by atoms with Gasteiger partial charge < -0.3 is 5.73 Å². The van der Waals surface area contributed by atoms with Crippen LogP contribution in [-0.2, 0) is 5.54 Å². The highest BCUT2D eigenvalue weighted by Crippen LogP contribution is 2.20. The lowest BCUT2D eigenvalue weighted by Gasteiger charge is -2.40. The van der Waals surface area contributed by atoms with Crippen molar-refractivity contribution in [1.29, 1.82) is 5.26 Å². The Kier molecular flexibility index (Phi) is 5.35. The zero-order chi connectivity index (χ0) is 15.3. The predicted molar refractivity (Wildman–Crippen MR) is 85.7 cm³/mol. The van der Waals surface area contributed by atoms with Gasteiger partial charge in [0.15, 0.2) is 0 Å². The van der Waals surface area contributed by atoms with Crippen LogP contribution >= 0.6 is 0 Å². The third kappa shape index (κ3) is 3.82. The molecule has 0 aromatic heterocycles. The van der Waals surface area contributed by atoms with Gasteiger partial charge in [-0.3, -0.25) is 9.80 Å². The Bertz CT molecular complexity index is 473. The second-order valence-electron chi connectivity index (χ2n) is 6.02. The molecule has 1 aliphatic heterocycles. The number of nitrogens with zero attached hydrogens (tertiary/aromatic N) is 3. The maximum atomic E-state index is 9.54. The average Bonchev–Trinajstić information content (AvgIpc) is 2.55. The van der Waals surface area contributed by atoms with E-state index in [-0.39, 0.29) is 0 Å². The van der Waals surface area contributed by atoms with Crippen molar-refractivity contribution in [2.75, 3.05) is 32.7 Å². The van der Waals surface area contributed by atoms with Gasteiger partial charge in [0.1, 0.15) is 5.54 Å². The van der Waals surface area contributed by atoms with Gasteiger partial charge in [0.05, 0.1) is 6.07 Å². The highest BCUT2D eigenvalue weighted by Gasteiger charge is 2.31. The summed E-state index contributed by atoms with van der Waals surface area (Å²) in [5, 5.41) is 9.54. The quantitative estimate of drug-likeness (QED) is 0.896. The van der Waals surface area contributed by atoms with Crippen molar-refractivity contribution in [3.63, 3.8) is 0 Å². The first kappa shape index (κ1) is 16.0. The summed E-state index contributed by atoms with van der Waals surface area (Å²) >= 11 is 0. The van der Waals surface area contributed by atoms with Gasteiger partial charge in [-0.1, -0.05) is 37.3 Å². The summed E-state index contributed by atoms with van der Waals surface area (Å²) in [6.45, 7) is 9.20. The molecule has 1 aliphatic rings. The lowest BCUT2D eigenvalue weighted by Crippen LogP contribution is -2.54. The van der Waals surface area contributed by atoms with Crippen LogP contribution in [0.3, 0.4) is 0 Å². The molecule has 114 valence electrons. The van der Waals surface area contributed by atoms with Crippen LogP contribution in [-0.4, -0.2) is 48.6 Å². The van der Waals surface area contributed by atoms with Gasteiger partial charge >= 0.3 is 0 Å². The largest absolute Gasteiger partial charge is 0.309 e. The van der Waals surface area contributed by atoms with Crippen molar-refractivity contribution >= 4 is 0 Å². The zero-order valence-electron chi connectivity index (χ0n) is 13.1. The van der Waals surface area contributed by atoms with Crippen LogP contribution in [0.4, 0.5) is 0 Å². The molecule has 2 N–H and O–H groups in total. The van der Waals surface area contributed by atoms with E-state index < -0.39 is 5.54 Å². The van der Waals surface area contributed by atoms with E-state index in [1.54, 1.807) is 0 Å². The molecule has 0 spiro atoms. The first-order chi connectivity index (χ1) is 10.1. The molecule has 0 bridgehead atoms. The third-order valence-electron chi connectivity index (χ3n) is 4.58. The fraction of sp³-hybridized carbons (Fsp3) is 0.588. The number of nitrogens with two attached hydrogens (primary N) is 1. The van der Waals surface area contributed by atoms with Crippen LogP contribution in [0, 0.1) is 11.3 Å². The topological polar surface area (TPSA) is 56.3 Å². The number of hydrogen-bond donors (Lipinski definition) is 1. The molecular weight excluding hydrogens is 260 g/mol. The first-order valence-electron chi connectivity index (χ1n) is 7.81. The maximum Gasteiger partial charge on any atom is 0.142 e. The number of rotatable bonds is 5. The lowest BCUT2D eigenvalue weighted by atomic mass is 9.91. The van der Waals surface area contributed by atoms with Gasteiger partial charge in [-0.2, -0.15) is 5.26 Å². The molecule has 2 atom stereocenters. The molecule has 1 aromatic rings. The molecule has 1 fully saturated rings. The van der Waals surface area contributed by atoms with Crippen molar-refractivity contribution in [2.45, 2.75) is 31.8 Å². The van der Waals surface area contributed by atoms with Crippen LogP contribution in [0.25, 0.3) is 0 Å². The van der Waals surface area contributed by atoms with Gasteiger partial charge in [0, 0.05) is 38.8 Å². The summed E-state index contributed by atoms with van der Waals surface area (Å²) in [7, 11) is 0. The van der Waals surface area contributed by atoms with Crippen molar-refractivity contribution in [1.82, 2.24) is 9.80 Å². The van der Waals surface area contributed by atoms with Crippen molar-refractivity contribution in [3.8, 4) is 6.07 Å². The minimum atomic E-state index is -0.917. The molecule has 0 saturated carbocycles. The fourth-order valence-corrected chi connectivity index (χ4v) is 2.90. The van der Waals surface area contributed by atoms with E-state index in [0.29, 0.717) is 12.6 Å². The Hall–Kier alpha value is -1.41. The molecule has 21 heavy (non-hydrogen) atoms. The summed E-state index contributed by atoms with van der Waals surface area (Å²) in [5.74, 6) is 0. The molecule has 0 amide bonds. The van der Waals surface area contributed by atoms with Crippen LogP contribution < -0.4 is 5.73 Å². The van der Waals surface area contributed by atoms with Gasteiger partial charge in [-0.05, 0) is 18.9 Å². The van der Waals surface area contributed by atoms with Gasteiger partial charge in [-0.15, -0.1) is 0 Å². The number of benzene rings is 1. The Labute approximate surface area is 128 Å². The fourth-order valence-electron chi connectivity index (χ4n) is 2.90. The number of piperazine rings is 1. The highest BCUT2D eigenvalue weighted by atomic mass is 15.3. The summed E-state index contributed by atoms with van der Waals surface area (Å²) in [4.78, 5) is 4.83. The normalized spacial score (nSPS) is 21.4. The third-order valence-corrected chi connectivity index (χ3v) is 4.58. The molecule has 4 heteroatoms. The minimum absolute atomic E-state index is 0.599. The smallest absolute Gasteiger partial charge is 0.142 e. The summed E-state index contributed by atoms with van der Waals surface area (Å²) < 4.78 is 0. The van der Waals surface area contributed by atoms with Crippen LogP contribution in [0.1, 0.15) is 25.8 Å². The molecule has 4 nitrogen and oxygen atoms in total. The van der Waals surface area contributed by atoms with E-state index in [2.05, 4.69) is 29.7 Å². The van der Waals surface area contributed by atoms with Gasteiger partial charge in [0.25, 0.3) is 0 Å². The minimum Gasteiger partial charge on any atom is -0.309 e. The molecule has 1 heterocycles. The van der Waals surface area contributed by atoms with Crippen LogP contribution in [0.2, 0.25) is 0 Å². The zero-order valence-corrected chi connectivity index (χ0v) is 13.1. The van der Waals surface area contributed by atoms with Crippen molar-refractivity contribution in [2.24, 2.45) is 5.73 Å². The Morgan fingerprint density at radius 1 is 1.24 bits per heavy atom. The van der Waals surface area contributed by atoms with Gasteiger partial charge in [-0.25, -0.2) is 0 Å². The summed E-state index contributed by atoms with van der Waals surface area (Å²) in [6, 6.07) is 12.7. The Morgan fingerprint density at radius 2 is 1.86 bits per heavy atom. The molecule has 1 saturated heterocycles. The molecule has 0 aliphatic carbocycles. The summed E-state index contributed by atoms with van der Waals surface area (Å²) in [6.07, 6.45) is 1.18. The van der Waals surface area contributed by atoms with E-state index in [4.69, 9.17) is 5.73 Å². The molecule has 0 radical (unpaired) electrons. The first-order valence-corrected chi connectivity index (χ1v) is 7.81. The van der Waals surface area contributed by atoms with E-state index in [9.17, 15) is 5.26 Å². The van der Waals surface area contributed by atoms with Crippen molar-refractivity contribution in [3.05, 3.63) is 35.9 Å². The average molecular weight is 286 g/mol. The van der Waals surface area contributed by atoms with E-state index in [1.807, 2.05) is 30.3 Å². The molecule has 2 unspecified atom stereocenters. The van der Waals surface area contributed by atoms with Crippen LogP contribution in [0.15, 0.2) is 30.3 Å². The SMILES string of the molecule is CCC(C)N1CCN(CC(N)(C#N)c2ccccc2)CC1. The second-order valence-corrected chi connectivity index (χ2v) is 6.02. The van der Waals surface area contributed by atoms with Crippen LogP contribution in [0.5, 0.6) is 0 Å². The van der Waals surface area contributed by atoms with E-state index >= 15 is 0 Å². The standard InChI is InChI=1S/C17H26N4/c1-3-15(2)21-11-9-20(10-12-21)14-17(19,13-18)16-7-5-4-6-8-16/h4-8,15H,3,9-12,14,19H2,1-2H3. The maximum absolute atomic E-state index is 9.54. The lowest BCUT2D eigenvalue weighted by molar-refractivity contribution is 0.0909. The number of hydrogen-bond acceptors (Lipinski definition) is 4. The molecule has 1 aromatic carbocycles. The molecule has 2 rings (SSSR count). The van der Waals surface area contributed by atoms with Gasteiger partial charge in [0.2, 0.25) is 0 Å². The van der Waals surface area contributed by atoms with Crippen molar-refractivity contribution < 1.29 is 0 Å². The second kappa shape index (κ2) is 7.04. The highest BCUT2D eigenvalue weighted by molar-refractivity contribution is 5.31. The summed E-state index contributed by atoms with van der Waals surface area (Å²) in [5.41, 5.74) is 6.34. The Morgan fingerprint density at radius 3 is 2.38 bits per heavy atom.